The van der Waals surface area contributed by atoms with Crippen LogP contribution in [-0.2, 0) is 5.54 Å². The summed E-state index contributed by atoms with van der Waals surface area (Å²) < 4.78 is 1.91. The molecule has 1 aromatic heterocycles. The Morgan fingerprint density at radius 1 is 0.889 bits per heavy atom. The highest BCUT2D eigenvalue weighted by atomic mass is 16.1. The summed E-state index contributed by atoms with van der Waals surface area (Å²) in [4.78, 5) is 12.8. The van der Waals surface area contributed by atoms with E-state index in [0.717, 1.165) is 28.5 Å². The van der Waals surface area contributed by atoms with Gasteiger partial charge in [-0.2, -0.15) is 5.10 Å². The maximum atomic E-state index is 12.8. The summed E-state index contributed by atoms with van der Waals surface area (Å²) in [6.45, 7) is 10.0. The van der Waals surface area contributed by atoms with Gasteiger partial charge in [0.25, 0.3) is 5.91 Å². The molecule has 5 nitrogen and oxygen atoms in total. The van der Waals surface area contributed by atoms with E-state index in [0.29, 0.717) is 5.56 Å². The monoisotopic (exact) mass is 362 g/mol. The van der Waals surface area contributed by atoms with Gasteiger partial charge in [0.15, 0.2) is 0 Å². The number of anilines is 3. The van der Waals surface area contributed by atoms with E-state index in [4.69, 9.17) is 0 Å². The van der Waals surface area contributed by atoms with Crippen LogP contribution in [0.3, 0.4) is 0 Å². The first-order valence-corrected chi connectivity index (χ1v) is 9.06. The van der Waals surface area contributed by atoms with Gasteiger partial charge >= 0.3 is 0 Å². The van der Waals surface area contributed by atoms with Gasteiger partial charge in [-0.3, -0.25) is 9.48 Å². The van der Waals surface area contributed by atoms with Crippen molar-refractivity contribution in [2.75, 3.05) is 10.6 Å². The fourth-order valence-electron chi connectivity index (χ4n) is 3.14. The molecule has 0 aliphatic rings. The van der Waals surface area contributed by atoms with E-state index in [1.54, 1.807) is 0 Å². The predicted molar refractivity (Wildman–Crippen MR) is 111 cm³/mol. The molecule has 27 heavy (non-hydrogen) atoms. The zero-order chi connectivity index (χ0) is 19.6. The SMILES string of the molecule is Cc1nn(C(C)(C)C)c(C)c1C(=O)Nc1ccc(Nc2ccccc2)cc1. The largest absolute Gasteiger partial charge is 0.356 e. The smallest absolute Gasteiger partial charge is 0.259 e. The number of para-hydroxylation sites is 1. The Hall–Kier alpha value is -3.08. The molecule has 0 fully saturated rings. The topological polar surface area (TPSA) is 59.0 Å². The molecule has 0 aliphatic carbocycles. The molecule has 2 N–H and O–H groups in total. The highest BCUT2D eigenvalue weighted by molar-refractivity contribution is 6.05. The van der Waals surface area contributed by atoms with Crippen molar-refractivity contribution < 1.29 is 4.79 Å². The average molecular weight is 362 g/mol. The molecule has 0 spiro atoms. The van der Waals surface area contributed by atoms with Gasteiger partial charge in [-0.25, -0.2) is 0 Å². The predicted octanol–water partition coefficient (Wildman–Crippen LogP) is 5.25. The van der Waals surface area contributed by atoms with Crippen LogP contribution in [-0.4, -0.2) is 15.7 Å². The van der Waals surface area contributed by atoms with E-state index >= 15 is 0 Å². The zero-order valence-electron chi connectivity index (χ0n) is 16.5. The van der Waals surface area contributed by atoms with Gasteiger partial charge in [0, 0.05) is 22.8 Å². The van der Waals surface area contributed by atoms with Crippen LogP contribution < -0.4 is 10.6 Å². The molecule has 1 heterocycles. The number of nitrogens with zero attached hydrogens (tertiary/aromatic N) is 2. The van der Waals surface area contributed by atoms with Crippen molar-refractivity contribution in [1.82, 2.24) is 9.78 Å². The summed E-state index contributed by atoms with van der Waals surface area (Å²) in [6, 6.07) is 17.6. The first-order valence-electron chi connectivity index (χ1n) is 9.06. The normalized spacial score (nSPS) is 11.3. The standard InChI is InChI=1S/C22H26N4O/c1-15-20(16(2)26(25-15)22(3,4)5)21(27)24-19-13-11-18(12-14-19)23-17-9-7-6-8-10-17/h6-14,23H,1-5H3,(H,24,27). The van der Waals surface area contributed by atoms with Gasteiger partial charge in [0.2, 0.25) is 0 Å². The third-order valence-electron chi connectivity index (χ3n) is 4.36. The summed E-state index contributed by atoms with van der Waals surface area (Å²) in [5.74, 6) is -0.135. The summed E-state index contributed by atoms with van der Waals surface area (Å²) in [5, 5.41) is 10.9. The van der Waals surface area contributed by atoms with Gasteiger partial charge < -0.3 is 10.6 Å². The Kier molecular flexibility index (Phi) is 5.04. The van der Waals surface area contributed by atoms with Crippen molar-refractivity contribution in [2.45, 2.75) is 40.2 Å². The van der Waals surface area contributed by atoms with E-state index in [2.05, 4.69) is 36.5 Å². The molecule has 140 valence electrons. The molecule has 0 aliphatic heterocycles. The maximum absolute atomic E-state index is 12.8. The molecule has 0 radical (unpaired) electrons. The van der Waals surface area contributed by atoms with Crippen LogP contribution >= 0.6 is 0 Å². The Balaban J connectivity index is 1.74. The number of carbonyl (C=O) groups is 1. The number of rotatable bonds is 4. The Morgan fingerprint density at radius 2 is 1.44 bits per heavy atom. The molecule has 5 heteroatoms. The lowest BCUT2D eigenvalue weighted by atomic mass is 10.1. The minimum absolute atomic E-state index is 0.135. The van der Waals surface area contributed by atoms with Gasteiger partial charge in [-0.05, 0) is 71.0 Å². The van der Waals surface area contributed by atoms with Crippen molar-refractivity contribution >= 4 is 23.0 Å². The Bertz CT molecular complexity index is 935. The maximum Gasteiger partial charge on any atom is 0.259 e. The first kappa shape index (κ1) is 18.7. The molecule has 0 atom stereocenters. The minimum Gasteiger partial charge on any atom is -0.356 e. The van der Waals surface area contributed by atoms with Gasteiger partial charge in [-0.1, -0.05) is 18.2 Å². The third kappa shape index (κ3) is 4.19. The lowest BCUT2D eigenvalue weighted by Crippen LogP contribution is -2.25. The van der Waals surface area contributed by atoms with Gasteiger partial charge in [0.05, 0.1) is 16.8 Å². The van der Waals surface area contributed by atoms with Crippen LogP contribution in [0.15, 0.2) is 54.6 Å². The Morgan fingerprint density at radius 3 is 2.00 bits per heavy atom. The van der Waals surface area contributed by atoms with E-state index in [9.17, 15) is 4.79 Å². The number of amides is 1. The summed E-state index contributed by atoms with van der Waals surface area (Å²) in [6.07, 6.45) is 0. The highest BCUT2D eigenvalue weighted by Gasteiger charge is 2.24. The fraction of sp³-hybridized carbons (Fsp3) is 0.273. The average Bonchev–Trinajstić information content (AvgIpc) is 2.92. The van der Waals surface area contributed by atoms with Crippen LogP contribution in [0.5, 0.6) is 0 Å². The summed E-state index contributed by atoms with van der Waals surface area (Å²) in [7, 11) is 0. The molecule has 0 bridgehead atoms. The quantitative estimate of drug-likeness (QED) is 0.666. The van der Waals surface area contributed by atoms with Crippen molar-refractivity contribution in [3.8, 4) is 0 Å². The van der Waals surface area contributed by atoms with Crippen molar-refractivity contribution in [2.24, 2.45) is 0 Å². The second kappa shape index (κ2) is 7.27. The molecular weight excluding hydrogens is 336 g/mol. The van der Waals surface area contributed by atoms with E-state index in [-0.39, 0.29) is 11.4 Å². The fourth-order valence-corrected chi connectivity index (χ4v) is 3.14. The number of nitrogens with one attached hydrogen (secondary N) is 2. The summed E-state index contributed by atoms with van der Waals surface area (Å²) in [5.41, 5.74) is 4.82. The van der Waals surface area contributed by atoms with E-state index < -0.39 is 0 Å². The van der Waals surface area contributed by atoms with Crippen LogP contribution in [0, 0.1) is 13.8 Å². The van der Waals surface area contributed by atoms with E-state index in [1.807, 2.05) is 73.1 Å². The molecule has 3 aromatic rings. The van der Waals surface area contributed by atoms with Crippen LogP contribution in [0.4, 0.5) is 17.1 Å². The third-order valence-corrected chi connectivity index (χ3v) is 4.36. The van der Waals surface area contributed by atoms with Crippen LogP contribution in [0.1, 0.15) is 42.5 Å². The second-order valence-electron chi connectivity index (χ2n) is 7.65. The molecule has 0 saturated heterocycles. The summed E-state index contributed by atoms with van der Waals surface area (Å²) >= 11 is 0. The molecule has 0 saturated carbocycles. The molecule has 3 rings (SSSR count). The Labute approximate surface area is 160 Å². The van der Waals surface area contributed by atoms with Gasteiger partial charge in [-0.15, -0.1) is 0 Å². The number of benzene rings is 2. The highest BCUT2D eigenvalue weighted by Crippen LogP contribution is 2.23. The first-order chi connectivity index (χ1) is 12.8. The number of aromatic nitrogens is 2. The van der Waals surface area contributed by atoms with Crippen LogP contribution in [0.25, 0.3) is 0 Å². The molecule has 2 aromatic carbocycles. The minimum atomic E-state index is -0.169. The number of carbonyl (C=O) groups excluding carboxylic acids is 1. The number of hydrogen-bond acceptors (Lipinski definition) is 3. The second-order valence-corrected chi connectivity index (χ2v) is 7.65. The molecular formula is C22H26N4O. The lowest BCUT2D eigenvalue weighted by Gasteiger charge is -2.21. The lowest BCUT2D eigenvalue weighted by molar-refractivity contribution is 0.102. The zero-order valence-corrected chi connectivity index (χ0v) is 16.5. The number of aryl methyl sites for hydroxylation is 1. The van der Waals surface area contributed by atoms with Crippen molar-refractivity contribution in [3.05, 3.63) is 71.5 Å². The number of hydrogen-bond donors (Lipinski definition) is 2. The molecule has 0 unspecified atom stereocenters. The van der Waals surface area contributed by atoms with Gasteiger partial charge in [0.1, 0.15) is 0 Å². The van der Waals surface area contributed by atoms with Crippen molar-refractivity contribution in [3.63, 3.8) is 0 Å². The van der Waals surface area contributed by atoms with Crippen LogP contribution in [0.2, 0.25) is 0 Å². The van der Waals surface area contributed by atoms with E-state index in [1.165, 1.54) is 0 Å². The van der Waals surface area contributed by atoms with Crippen molar-refractivity contribution in [1.29, 1.82) is 0 Å². The molecule has 1 amide bonds.